The molecule has 1 saturated carbocycles. The molecule has 0 aliphatic heterocycles. The van der Waals surface area contributed by atoms with E-state index in [9.17, 15) is 8.76 Å². The fourth-order valence-corrected chi connectivity index (χ4v) is 3.30. The Balaban J connectivity index is 2.24. The van der Waals surface area contributed by atoms with E-state index in [1.807, 2.05) is 0 Å². The SMILES string of the molecule is CC1CC2CC=CC=C2C(N(C)S(=O)O)C1. The molecule has 0 aromatic rings. The summed E-state index contributed by atoms with van der Waals surface area (Å²) in [6.45, 7) is 2.23. The quantitative estimate of drug-likeness (QED) is 0.754. The van der Waals surface area contributed by atoms with E-state index in [2.05, 4.69) is 25.2 Å². The van der Waals surface area contributed by atoms with E-state index in [1.54, 1.807) is 11.4 Å². The number of rotatable bonds is 2. The molecule has 3 nitrogen and oxygen atoms in total. The average Bonchev–Trinajstić information content (AvgIpc) is 2.26. The van der Waals surface area contributed by atoms with Crippen LogP contribution < -0.4 is 0 Å². The minimum Gasteiger partial charge on any atom is -0.294 e. The van der Waals surface area contributed by atoms with E-state index < -0.39 is 11.3 Å². The number of likely N-dealkylation sites (N-methyl/N-ethyl adjacent to an activating group) is 1. The molecule has 2 aliphatic rings. The van der Waals surface area contributed by atoms with Gasteiger partial charge >= 0.3 is 0 Å². The molecule has 2 aliphatic carbocycles. The third kappa shape index (κ3) is 2.29. The molecule has 0 saturated heterocycles. The van der Waals surface area contributed by atoms with Crippen molar-refractivity contribution in [2.45, 2.75) is 32.2 Å². The van der Waals surface area contributed by atoms with E-state index >= 15 is 0 Å². The van der Waals surface area contributed by atoms with E-state index in [4.69, 9.17) is 0 Å². The third-order valence-electron chi connectivity index (χ3n) is 3.70. The normalized spacial score (nSPS) is 35.8. The zero-order chi connectivity index (χ0) is 11.7. The standard InChI is InChI=1S/C12H19NO2S/c1-9-7-10-5-3-4-6-11(10)12(8-9)13(2)16(14)15/h3-4,6,9-10,12H,5,7-8H2,1-2H3,(H,14,15). The predicted octanol–water partition coefficient (Wildman–Crippen LogP) is 2.36. The second-order valence-corrected chi connectivity index (χ2v) is 5.93. The molecule has 0 radical (unpaired) electrons. The Morgan fingerprint density at radius 1 is 1.50 bits per heavy atom. The van der Waals surface area contributed by atoms with Crippen molar-refractivity contribution in [2.24, 2.45) is 11.8 Å². The number of nitrogens with zero attached hydrogens (tertiary/aromatic N) is 1. The fraction of sp³-hybridized carbons (Fsp3) is 0.667. The van der Waals surface area contributed by atoms with Crippen molar-refractivity contribution in [3.63, 3.8) is 0 Å². The van der Waals surface area contributed by atoms with Crippen LogP contribution in [0.4, 0.5) is 0 Å². The molecule has 16 heavy (non-hydrogen) atoms. The van der Waals surface area contributed by atoms with Crippen LogP contribution in [0.1, 0.15) is 26.2 Å². The van der Waals surface area contributed by atoms with Crippen LogP contribution in [0.2, 0.25) is 0 Å². The van der Waals surface area contributed by atoms with Gasteiger partial charge in [0.2, 0.25) is 11.3 Å². The topological polar surface area (TPSA) is 40.5 Å². The molecule has 1 fully saturated rings. The highest BCUT2D eigenvalue weighted by molar-refractivity contribution is 7.76. The lowest BCUT2D eigenvalue weighted by Crippen LogP contribution is -2.41. The van der Waals surface area contributed by atoms with Gasteiger partial charge in [0.1, 0.15) is 0 Å². The summed E-state index contributed by atoms with van der Waals surface area (Å²) in [5, 5.41) is 0. The molecule has 2 rings (SSSR count). The molecular formula is C12H19NO2S. The van der Waals surface area contributed by atoms with Crippen molar-refractivity contribution in [1.29, 1.82) is 0 Å². The maximum atomic E-state index is 11.2. The van der Waals surface area contributed by atoms with Crippen LogP contribution in [0.5, 0.6) is 0 Å². The van der Waals surface area contributed by atoms with Crippen LogP contribution in [0, 0.1) is 11.8 Å². The van der Waals surface area contributed by atoms with Gasteiger partial charge < -0.3 is 0 Å². The van der Waals surface area contributed by atoms with Crippen molar-refractivity contribution in [2.75, 3.05) is 7.05 Å². The minimum atomic E-state index is -1.87. The van der Waals surface area contributed by atoms with Gasteiger partial charge in [-0.25, -0.2) is 4.21 Å². The molecule has 90 valence electrons. The van der Waals surface area contributed by atoms with Gasteiger partial charge in [-0.15, -0.1) is 0 Å². The summed E-state index contributed by atoms with van der Waals surface area (Å²) in [4.78, 5) is 0. The van der Waals surface area contributed by atoms with E-state index in [0.29, 0.717) is 11.8 Å². The van der Waals surface area contributed by atoms with Gasteiger partial charge in [0.15, 0.2) is 0 Å². The minimum absolute atomic E-state index is 0.129. The first-order valence-corrected chi connectivity index (χ1v) is 6.86. The number of fused-ring (bicyclic) bond motifs is 1. The summed E-state index contributed by atoms with van der Waals surface area (Å²) in [5.41, 5.74) is 1.34. The largest absolute Gasteiger partial charge is 0.294 e. The van der Waals surface area contributed by atoms with Gasteiger partial charge in [0, 0.05) is 13.1 Å². The van der Waals surface area contributed by atoms with Crippen LogP contribution in [-0.4, -0.2) is 26.2 Å². The maximum absolute atomic E-state index is 11.2. The zero-order valence-electron chi connectivity index (χ0n) is 9.80. The molecule has 0 heterocycles. The zero-order valence-corrected chi connectivity index (χ0v) is 10.6. The maximum Gasteiger partial charge on any atom is 0.234 e. The summed E-state index contributed by atoms with van der Waals surface area (Å²) in [7, 11) is 1.73. The molecule has 0 spiro atoms. The molecule has 4 unspecified atom stereocenters. The highest BCUT2D eigenvalue weighted by Crippen LogP contribution is 2.39. The summed E-state index contributed by atoms with van der Waals surface area (Å²) in [6.07, 6.45) is 9.67. The molecule has 0 amide bonds. The van der Waals surface area contributed by atoms with E-state index in [-0.39, 0.29) is 6.04 Å². The average molecular weight is 241 g/mol. The lowest BCUT2D eigenvalue weighted by atomic mass is 9.73. The van der Waals surface area contributed by atoms with Crippen LogP contribution in [0.3, 0.4) is 0 Å². The highest BCUT2D eigenvalue weighted by Gasteiger charge is 2.35. The number of hydrogen-bond acceptors (Lipinski definition) is 1. The molecule has 0 aromatic heterocycles. The molecule has 1 N–H and O–H groups in total. The number of allylic oxidation sites excluding steroid dienone is 3. The first-order chi connectivity index (χ1) is 7.59. The fourth-order valence-electron chi connectivity index (χ4n) is 2.88. The second kappa shape index (κ2) is 4.82. The van der Waals surface area contributed by atoms with Crippen LogP contribution in [-0.2, 0) is 11.3 Å². The predicted molar refractivity (Wildman–Crippen MR) is 66.1 cm³/mol. The summed E-state index contributed by atoms with van der Waals surface area (Å²) < 4.78 is 22.0. The van der Waals surface area contributed by atoms with Gasteiger partial charge in [-0.1, -0.05) is 25.2 Å². The third-order valence-corrected chi connectivity index (χ3v) is 4.45. The van der Waals surface area contributed by atoms with Crippen molar-refractivity contribution in [3.8, 4) is 0 Å². The number of hydrogen-bond donors (Lipinski definition) is 1. The summed E-state index contributed by atoms with van der Waals surface area (Å²) >= 11 is -1.87. The van der Waals surface area contributed by atoms with Crippen molar-refractivity contribution in [3.05, 3.63) is 23.8 Å². The molecule has 0 aromatic carbocycles. The smallest absolute Gasteiger partial charge is 0.234 e. The van der Waals surface area contributed by atoms with Gasteiger partial charge in [-0.2, -0.15) is 4.31 Å². The van der Waals surface area contributed by atoms with Gasteiger partial charge in [-0.3, -0.25) is 4.55 Å². The summed E-state index contributed by atoms with van der Waals surface area (Å²) in [5.74, 6) is 1.20. The Morgan fingerprint density at radius 2 is 2.25 bits per heavy atom. The van der Waals surface area contributed by atoms with Crippen molar-refractivity contribution in [1.82, 2.24) is 4.31 Å². The van der Waals surface area contributed by atoms with Crippen LogP contribution in [0.25, 0.3) is 0 Å². The van der Waals surface area contributed by atoms with Gasteiger partial charge in [0.25, 0.3) is 0 Å². The molecule has 4 atom stereocenters. The molecular weight excluding hydrogens is 222 g/mol. The van der Waals surface area contributed by atoms with E-state index in [0.717, 1.165) is 12.8 Å². The van der Waals surface area contributed by atoms with Crippen molar-refractivity contribution >= 4 is 11.3 Å². The van der Waals surface area contributed by atoms with Crippen molar-refractivity contribution < 1.29 is 8.76 Å². The van der Waals surface area contributed by atoms with Crippen LogP contribution >= 0.6 is 0 Å². The summed E-state index contributed by atoms with van der Waals surface area (Å²) in [6, 6.07) is 0.129. The first kappa shape index (κ1) is 12.0. The second-order valence-electron chi connectivity index (χ2n) is 4.90. The highest BCUT2D eigenvalue weighted by atomic mass is 32.2. The Bertz CT molecular complexity index is 351. The van der Waals surface area contributed by atoms with Gasteiger partial charge in [0.05, 0.1) is 0 Å². The Labute approximate surface area is 99.6 Å². The van der Waals surface area contributed by atoms with E-state index in [1.165, 1.54) is 12.0 Å². The monoisotopic (exact) mass is 241 g/mol. The van der Waals surface area contributed by atoms with Gasteiger partial charge in [-0.05, 0) is 36.7 Å². The lowest BCUT2D eigenvalue weighted by Gasteiger charge is -2.40. The molecule has 4 heteroatoms. The Morgan fingerprint density at radius 3 is 2.94 bits per heavy atom. The van der Waals surface area contributed by atoms with Crippen LogP contribution in [0.15, 0.2) is 23.8 Å². The lowest BCUT2D eigenvalue weighted by molar-refractivity contribution is 0.247. The Kier molecular flexibility index (Phi) is 3.62. The first-order valence-electron chi connectivity index (χ1n) is 5.80. The Hall–Kier alpha value is -0.450. The molecule has 0 bridgehead atoms.